The van der Waals surface area contributed by atoms with Gasteiger partial charge in [0.1, 0.15) is 13.2 Å². The second-order valence-electron chi connectivity index (χ2n) is 31.2. The Kier molecular flexibility index (Phi) is 78.2. The number of hydrogen-bond acceptors (Lipinski definition) is 8. The first-order valence-electron chi connectivity index (χ1n) is 43.6. The average Bonchev–Trinajstić information content (AvgIpc) is 1.40. The van der Waals surface area contributed by atoms with Crippen LogP contribution < -0.4 is 5.11 Å². The largest absolute Gasteiger partial charge is 0.545 e. The zero-order valence-corrected chi connectivity index (χ0v) is 66.5. The first-order valence-corrected chi connectivity index (χ1v) is 43.6. The monoisotopic (exact) mass is 1380 g/mol. The highest BCUT2D eigenvalue weighted by Crippen LogP contribution is 2.21. The van der Waals surface area contributed by atoms with Crippen molar-refractivity contribution < 1.29 is 42.9 Å². The van der Waals surface area contributed by atoms with Gasteiger partial charge in [-0.3, -0.25) is 9.59 Å². The SMILES string of the molecule is CCCCCCC/C=C\C/C=C\C/C=C\CCCCCCCCCCCCCCCCCCCCCCCCCCCCC(=O)OC(COC(=O)CCCCCCCCCCCCCCCCCCCCCCCCCCCCCCCCCC)COC(OCC[N+](C)(C)C)C(=O)[O-]. The Bertz CT molecular complexity index is 1710. The van der Waals surface area contributed by atoms with Crippen molar-refractivity contribution in [3.8, 4) is 0 Å². The van der Waals surface area contributed by atoms with Crippen LogP contribution in [0, 0.1) is 0 Å². The van der Waals surface area contributed by atoms with Crippen LogP contribution in [0.5, 0.6) is 0 Å². The van der Waals surface area contributed by atoms with Crippen molar-refractivity contribution >= 4 is 17.9 Å². The van der Waals surface area contributed by atoms with E-state index in [1.165, 1.54) is 379 Å². The van der Waals surface area contributed by atoms with Crippen LogP contribution in [0.4, 0.5) is 0 Å². The molecule has 0 radical (unpaired) electrons. The second-order valence-corrected chi connectivity index (χ2v) is 31.2. The molecule has 2 atom stereocenters. The molecule has 0 bridgehead atoms. The molecule has 0 saturated carbocycles. The lowest BCUT2D eigenvalue weighted by molar-refractivity contribution is -0.870. The lowest BCUT2D eigenvalue weighted by atomic mass is 10.0. The lowest BCUT2D eigenvalue weighted by Crippen LogP contribution is -2.44. The Labute approximate surface area is 610 Å². The fraction of sp³-hybridized carbons (Fsp3) is 0.899. The highest BCUT2D eigenvalue weighted by Gasteiger charge is 2.22. The van der Waals surface area contributed by atoms with Crippen LogP contribution in [0.1, 0.15) is 457 Å². The summed E-state index contributed by atoms with van der Waals surface area (Å²) in [5, 5.41) is 11.9. The molecule has 0 rings (SSSR count). The Morgan fingerprint density at radius 1 is 0.306 bits per heavy atom. The van der Waals surface area contributed by atoms with Gasteiger partial charge in [0.15, 0.2) is 12.4 Å². The molecule has 0 N–H and O–H groups in total. The summed E-state index contributed by atoms with van der Waals surface area (Å²) in [6.07, 6.45) is 102. The molecule has 0 heterocycles. The highest BCUT2D eigenvalue weighted by molar-refractivity contribution is 5.70. The number of rotatable bonds is 83. The predicted octanol–water partition coefficient (Wildman–Crippen LogP) is 26.9. The minimum atomic E-state index is -1.62. The number of quaternary nitrogens is 1. The zero-order valence-electron chi connectivity index (χ0n) is 66.5. The standard InChI is InChI=1S/C89H169NO8/c1-6-8-10-12-14-16-18-20-22-24-26-28-30-32-34-36-38-40-41-42-43-44-45-46-47-48-50-52-54-56-58-60-62-64-66-68-70-72-74-76-78-80-87(92)98-85(84-97-89(88(93)94)95-82-81-90(3,4)5)83-96-86(91)79-77-75-73-71-69-67-65-63-61-59-57-55-53-51-49-39-37-35-33-31-29-27-25-23-21-19-17-15-13-11-9-7-2/h18,20,24,26,30,32,85,89H,6-17,19,21-23,25,27-29,31,33-84H2,1-5H3/b20-18-,26-24-,32-30-. The van der Waals surface area contributed by atoms with Crippen LogP contribution in [-0.4, -0.2) is 82.3 Å². The summed E-state index contributed by atoms with van der Waals surface area (Å²) in [4.78, 5) is 37.7. The second kappa shape index (κ2) is 80.2. The number of carbonyl (C=O) groups excluding carboxylic acids is 3. The molecular weight excluding hydrogens is 1210 g/mol. The minimum Gasteiger partial charge on any atom is -0.545 e. The first-order chi connectivity index (χ1) is 48.1. The molecule has 0 aliphatic heterocycles. The van der Waals surface area contributed by atoms with Gasteiger partial charge in [0, 0.05) is 12.8 Å². The molecule has 0 aromatic heterocycles. The lowest BCUT2D eigenvalue weighted by Gasteiger charge is -2.26. The fourth-order valence-corrected chi connectivity index (χ4v) is 13.5. The van der Waals surface area contributed by atoms with E-state index < -0.39 is 24.3 Å². The quantitative estimate of drug-likeness (QED) is 0.0195. The van der Waals surface area contributed by atoms with Gasteiger partial charge in [0.2, 0.25) is 0 Å². The molecule has 0 fully saturated rings. The van der Waals surface area contributed by atoms with E-state index >= 15 is 0 Å². The Balaban J connectivity index is 3.90. The van der Waals surface area contributed by atoms with Crippen molar-refractivity contribution in [1.82, 2.24) is 0 Å². The average molecular weight is 1380 g/mol. The number of carboxylic acid groups (broad SMARTS) is 1. The molecular formula is C89H169NO8. The Morgan fingerprint density at radius 2 is 0.551 bits per heavy atom. The van der Waals surface area contributed by atoms with Crippen LogP contribution in [0.25, 0.3) is 0 Å². The summed E-state index contributed by atoms with van der Waals surface area (Å²) in [7, 11) is 5.96. The number of nitrogens with zero attached hydrogens (tertiary/aromatic N) is 1. The van der Waals surface area contributed by atoms with E-state index in [9.17, 15) is 19.5 Å². The number of esters is 2. The molecule has 578 valence electrons. The van der Waals surface area contributed by atoms with Gasteiger partial charge < -0.3 is 33.3 Å². The first kappa shape index (κ1) is 95.5. The molecule has 98 heavy (non-hydrogen) atoms. The molecule has 0 aromatic rings. The summed E-state index contributed by atoms with van der Waals surface area (Å²) in [5.41, 5.74) is 0. The van der Waals surface area contributed by atoms with E-state index in [1.54, 1.807) is 0 Å². The van der Waals surface area contributed by atoms with Gasteiger partial charge in [0.25, 0.3) is 0 Å². The number of hydrogen-bond donors (Lipinski definition) is 0. The Morgan fingerprint density at radius 3 is 0.816 bits per heavy atom. The van der Waals surface area contributed by atoms with Crippen LogP contribution in [0.15, 0.2) is 36.5 Å². The van der Waals surface area contributed by atoms with Gasteiger partial charge in [-0.2, -0.15) is 0 Å². The van der Waals surface area contributed by atoms with E-state index in [2.05, 4.69) is 50.3 Å². The van der Waals surface area contributed by atoms with Gasteiger partial charge in [-0.05, 0) is 51.4 Å². The summed E-state index contributed by atoms with van der Waals surface area (Å²) in [6.45, 7) is 4.83. The number of allylic oxidation sites excluding steroid dienone is 6. The summed E-state index contributed by atoms with van der Waals surface area (Å²) in [6, 6.07) is 0. The third-order valence-corrected chi connectivity index (χ3v) is 20.1. The van der Waals surface area contributed by atoms with Crippen LogP contribution in [-0.2, 0) is 33.3 Å². The third kappa shape index (κ3) is 80.8. The van der Waals surface area contributed by atoms with E-state index in [0.717, 1.165) is 51.4 Å². The molecule has 0 amide bonds. The smallest absolute Gasteiger partial charge is 0.306 e. The van der Waals surface area contributed by atoms with E-state index in [0.29, 0.717) is 17.4 Å². The highest BCUT2D eigenvalue weighted by atomic mass is 16.7. The predicted molar refractivity (Wildman–Crippen MR) is 422 cm³/mol. The third-order valence-electron chi connectivity index (χ3n) is 20.1. The maximum absolute atomic E-state index is 13.0. The number of aliphatic carboxylic acids is 1. The van der Waals surface area contributed by atoms with Gasteiger partial charge >= 0.3 is 11.9 Å². The van der Waals surface area contributed by atoms with Crippen LogP contribution in [0.3, 0.4) is 0 Å². The molecule has 0 aliphatic carbocycles. The van der Waals surface area contributed by atoms with Gasteiger partial charge in [0.05, 0.1) is 40.3 Å². The fourth-order valence-electron chi connectivity index (χ4n) is 13.5. The van der Waals surface area contributed by atoms with Gasteiger partial charge in [-0.1, -0.05) is 429 Å². The van der Waals surface area contributed by atoms with Gasteiger partial charge in [-0.15, -0.1) is 0 Å². The van der Waals surface area contributed by atoms with Crippen molar-refractivity contribution in [2.75, 3.05) is 47.5 Å². The van der Waals surface area contributed by atoms with Crippen LogP contribution in [0.2, 0.25) is 0 Å². The van der Waals surface area contributed by atoms with Gasteiger partial charge in [-0.25, -0.2) is 0 Å². The van der Waals surface area contributed by atoms with Crippen molar-refractivity contribution in [3.63, 3.8) is 0 Å². The molecule has 9 nitrogen and oxygen atoms in total. The number of unbranched alkanes of at least 4 members (excludes halogenated alkanes) is 62. The van der Waals surface area contributed by atoms with E-state index in [-0.39, 0.29) is 32.2 Å². The zero-order chi connectivity index (χ0) is 71.1. The molecule has 2 unspecified atom stereocenters. The summed E-state index contributed by atoms with van der Waals surface area (Å²) < 4.78 is 22.9. The topological polar surface area (TPSA) is 111 Å². The maximum atomic E-state index is 13.0. The molecule has 0 spiro atoms. The normalized spacial score (nSPS) is 12.7. The minimum absolute atomic E-state index is 0.152. The molecule has 0 saturated heterocycles. The number of carboxylic acids is 1. The maximum Gasteiger partial charge on any atom is 0.306 e. The summed E-state index contributed by atoms with van der Waals surface area (Å²) >= 11 is 0. The van der Waals surface area contributed by atoms with Crippen molar-refractivity contribution in [3.05, 3.63) is 36.5 Å². The van der Waals surface area contributed by atoms with Crippen molar-refractivity contribution in [2.45, 2.75) is 469 Å². The van der Waals surface area contributed by atoms with Crippen LogP contribution >= 0.6 is 0 Å². The molecule has 0 aromatic carbocycles. The number of carbonyl (C=O) groups is 3. The van der Waals surface area contributed by atoms with Crippen molar-refractivity contribution in [1.29, 1.82) is 0 Å². The van der Waals surface area contributed by atoms with Crippen molar-refractivity contribution in [2.24, 2.45) is 0 Å². The van der Waals surface area contributed by atoms with E-state index in [1.807, 2.05) is 21.1 Å². The Hall–Kier alpha value is -2.49. The number of likely N-dealkylation sites (N-methyl/N-ethyl adjacent to an activating group) is 1. The molecule has 0 aliphatic rings. The summed E-state index contributed by atoms with van der Waals surface area (Å²) in [5.74, 6) is -2.24. The molecule has 9 heteroatoms. The van der Waals surface area contributed by atoms with E-state index in [4.69, 9.17) is 18.9 Å². The number of ether oxygens (including phenoxy) is 4.